The maximum atomic E-state index is 11.8. The molecule has 7 nitrogen and oxygen atoms in total. The molecular formula is C12H16ClNO6S. The van der Waals surface area contributed by atoms with Crippen molar-refractivity contribution in [2.24, 2.45) is 5.14 Å². The number of primary sulfonamides is 1. The number of carbonyl (C=O) groups excluding carboxylic acids is 1. The second kappa shape index (κ2) is 8.30. The number of sulfonamides is 1. The van der Waals surface area contributed by atoms with Crippen LogP contribution in [0.5, 0.6) is 0 Å². The van der Waals surface area contributed by atoms with Gasteiger partial charge in [-0.3, -0.25) is 0 Å². The van der Waals surface area contributed by atoms with Crippen molar-refractivity contribution < 1.29 is 27.4 Å². The molecule has 1 rings (SSSR count). The zero-order valence-electron chi connectivity index (χ0n) is 11.4. The van der Waals surface area contributed by atoms with Gasteiger partial charge in [0.2, 0.25) is 10.0 Å². The first-order chi connectivity index (χ1) is 9.84. The number of nitrogens with two attached hydrogens (primary N) is 1. The number of methoxy groups -OCH3 is 1. The molecule has 0 amide bonds. The summed E-state index contributed by atoms with van der Waals surface area (Å²) < 4.78 is 37.3. The highest BCUT2D eigenvalue weighted by molar-refractivity contribution is 7.89. The Labute approximate surface area is 128 Å². The van der Waals surface area contributed by atoms with Crippen molar-refractivity contribution in [1.82, 2.24) is 0 Å². The molecule has 0 aliphatic carbocycles. The van der Waals surface area contributed by atoms with Crippen molar-refractivity contribution in [3.05, 3.63) is 28.8 Å². The molecule has 0 aliphatic heterocycles. The lowest BCUT2D eigenvalue weighted by molar-refractivity contribution is 0.0213. The van der Waals surface area contributed by atoms with Gasteiger partial charge in [-0.25, -0.2) is 18.4 Å². The first-order valence-corrected chi connectivity index (χ1v) is 7.84. The quantitative estimate of drug-likeness (QED) is 0.556. The topological polar surface area (TPSA) is 105 Å². The average molecular weight is 338 g/mol. The highest BCUT2D eigenvalue weighted by atomic mass is 35.5. The minimum absolute atomic E-state index is 0.00316. The van der Waals surface area contributed by atoms with Crippen LogP contribution in [0, 0.1) is 0 Å². The normalized spacial score (nSPS) is 11.4. The van der Waals surface area contributed by atoms with Gasteiger partial charge in [0.15, 0.2) is 0 Å². The number of rotatable bonds is 8. The second-order valence-corrected chi connectivity index (χ2v) is 5.96. The number of hydrogen-bond acceptors (Lipinski definition) is 6. The minimum atomic E-state index is -3.95. The Morgan fingerprint density at radius 3 is 2.48 bits per heavy atom. The lowest BCUT2D eigenvalue weighted by Crippen LogP contribution is -2.15. The molecule has 0 bridgehead atoms. The van der Waals surface area contributed by atoms with Crippen LogP contribution in [0.3, 0.4) is 0 Å². The fourth-order valence-electron chi connectivity index (χ4n) is 1.37. The van der Waals surface area contributed by atoms with Gasteiger partial charge in [-0.05, 0) is 18.2 Å². The van der Waals surface area contributed by atoms with Crippen LogP contribution in [-0.2, 0) is 24.2 Å². The van der Waals surface area contributed by atoms with Crippen LogP contribution in [0.25, 0.3) is 0 Å². The summed E-state index contributed by atoms with van der Waals surface area (Å²) in [6, 6.07) is 3.56. The summed E-state index contributed by atoms with van der Waals surface area (Å²) in [7, 11) is -2.40. The van der Waals surface area contributed by atoms with Gasteiger partial charge < -0.3 is 14.2 Å². The van der Waals surface area contributed by atoms with Gasteiger partial charge in [0.05, 0.1) is 30.3 Å². The summed E-state index contributed by atoms with van der Waals surface area (Å²) >= 11 is 5.75. The molecular weight excluding hydrogens is 322 g/mol. The summed E-state index contributed by atoms with van der Waals surface area (Å²) in [5.74, 6) is -0.710. The Hall–Kier alpha value is -1.19. The zero-order valence-corrected chi connectivity index (χ0v) is 12.9. The van der Waals surface area contributed by atoms with E-state index in [2.05, 4.69) is 0 Å². The molecule has 118 valence electrons. The highest BCUT2D eigenvalue weighted by Crippen LogP contribution is 2.18. The summed E-state index contributed by atoms with van der Waals surface area (Å²) in [5.41, 5.74) is 0.00316. The zero-order chi connectivity index (χ0) is 15.9. The Morgan fingerprint density at radius 1 is 1.19 bits per heavy atom. The van der Waals surface area contributed by atoms with Gasteiger partial charge in [0.25, 0.3) is 0 Å². The molecule has 9 heteroatoms. The predicted octanol–water partition coefficient (Wildman–Crippen LogP) is 0.807. The number of esters is 1. The summed E-state index contributed by atoms with van der Waals surface area (Å²) in [6.45, 7) is 1.07. The van der Waals surface area contributed by atoms with Crippen LogP contribution in [0.2, 0.25) is 5.02 Å². The van der Waals surface area contributed by atoms with E-state index in [-0.39, 0.29) is 28.7 Å². The fraction of sp³-hybridized carbons (Fsp3) is 0.417. The van der Waals surface area contributed by atoms with Gasteiger partial charge >= 0.3 is 5.97 Å². The molecule has 2 N–H and O–H groups in total. The number of carbonyl (C=O) groups is 1. The number of halogens is 1. The van der Waals surface area contributed by atoms with E-state index in [1.807, 2.05) is 0 Å². The van der Waals surface area contributed by atoms with Crippen LogP contribution < -0.4 is 5.14 Å². The van der Waals surface area contributed by atoms with E-state index < -0.39 is 16.0 Å². The van der Waals surface area contributed by atoms with E-state index in [0.29, 0.717) is 13.2 Å². The molecule has 21 heavy (non-hydrogen) atoms. The third kappa shape index (κ3) is 6.40. The molecule has 0 saturated heterocycles. The van der Waals surface area contributed by atoms with Crippen molar-refractivity contribution in [2.45, 2.75) is 4.90 Å². The third-order valence-corrected chi connectivity index (χ3v) is 3.44. The largest absolute Gasteiger partial charge is 0.460 e. The monoisotopic (exact) mass is 337 g/mol. The Bertz CT molecular complexity index is 589. The smallest absolute Gasteiger partial charge is 0.338 e. The lowest BCUT2D eigenvalue weighted by atomic mass is 10.2. The Balaban J connectivity index is 2.60. The molecule has 0 atom stereocenters. The summed E-state index contributed by atoms with van der Waals surface area (Å²) in [6.07, 6.45) is 0. The van der Waals surface area contributed by atoms with Crippen molar-refractivity contribution in [2.75, 3.05) is 33.5 Å². The van der Waals surface area contributed by atoms with E-state index in [0.717, 1.165) is 12.1 Å². The number of ether oxygens (including phenoxy) is 3. The second-order valence-electron chi connectivity index (χ2n) is 3.96. The van der Waals surface area contributed by atoms with E-state index in [4.69, 9.17) is 31.0 Å². The first kappa shape index (κ1) is 17.9. The Morgan fingerprint density at radius 2 is 1.86 bits per heavy atom. The number of hydrogen-bond donors (Lipinski definition) is 1. The molecule has 0 spiro atoms. The first-order valence-electron chi connectivity index (χ1n) is 5.92. The van der Waals surface area contributed by atoms with E-state index >= 15 is 0 Å². The highest BCUT2D eigenvalue weighted by Gasteiger charge is 2.15. The summed E-state index contributed by atoms with van der Waals surface area (Å²) in [4.78, 5) is 11.5. The van der Waals surface area contributed by atoms with Gasteiger partial charge in [-0.1, -0.05) is 11.6 Å². The molecule has 1 aromatic carbocycles. The van der Waals surface area contributed by atoms with E-state index in [9.17, 15) is 13.2 Å². The maximum Gasteiger partial charge on any atom is 0.338 e. The molecule has 0 aromatic heterocycles. The van der Waals surface area contributed by atoms with Crippen LogP contribution in [0.15, 0.2) is 23.1 Å². The minimum Gasteiger partial charge on any atom is -0.460 e. The van der Waals surface area contributed by atoms with Crippen molar-refractivity contribution in [3.8, 4) is 0 Å². The molecule has 0 saturated carbocycles. The van der Waals surface area contributed by atoms with Crippen molar-refractivity contribution >= 4 is 27.6 Å². The fourth-order valence-corrected chi connectivity index (χ4v) is 2.25. The molecule has 0 fully saturated rings. The van der Waals surface area contributed by atoms with Crippen LogP contribution in [0.4, 0.5) is 0 Å². The Kier molecular flexibility index (Phi) is 7.06. The standard InChI is InChI=1S/C12H16ClNO6S/c1-18-2-3-19-4-5-20-12(15)9-6-10(13)8-11(7-9)21(14,16)17/h6-8H,2-5H2,1H3,(H2,14,16,17). The van der Waals surface area contributed by atoms with Crippen LogP contribution in [0.1, 0.15) is 10.4 Å². The average Bonchev–Trinajstić information content (AvgIpc) is 2.40. The van der Waals surface area contributed by atoms with E-state index in [1.165, 1.54) is 6.07 Å². The van der Waals surface area contributed by atoms with Crippen molar-refractivity contribution in [3.63, 3.8) is 0 Å². The summed E-state index contributed by atoms with van der Waals surface area (Å²) in [5, 5.41) is 5.07. The lowest BCUT2D eigenvalue weighted by Gasteiger charge is -2.07. The van der Waals surface area contributed by atoms with Gasteiger partial charge in [-0.15, -0.1) is 0 Å². The van der Waals surface area contributed by atoms with Crippen molar-refractivity contribution in [1.29, 1.82) is 0 Å². The van der Waals surface area contributed by atoms with Gasteiger partial charge in [-0.2, -0.15) is 0 Å². The molecule has 0 heterocycles. The number of benzene rings is 1. The maximum absolute atomic E-state index is 11.8. The molecule has 0 aliphatic rings. The molecule has 0 unspecified atom stereocenters. The van der Waals surface area contributed by atoms with E-state index in [1.54, 1.807) is 7.11 Å². The third-order valence-electron chi connectivity index (χ3n) is 2.33. The SMILES string of the molecule is COCCOCCOC(=O)c1cc(Cl)cc(S(N)(=O)=O)c1. The van der Waals surface area contributed by atoms with Crippen LogP contribution >= 0.6 is 11.6 Å². The predicted molar refractivity (Wildman–Crippen MR) is 75.8 cm³/mol. The van der Waals surface area contributed by atoms with Crippen LogP contribution in [-0.4, -0.2) is 47.9 Å². The van der Waals surface area contributed by atoms with Gasteiger partial charge in [0, 0.05) is 12.1 Å². The molecule has 1 aromatic rings. The van der Waals surface area contributed by atoms with Gasteiger partial charge in [0.1, 0.15) is 6.61 Å². The molecule has 0 radical (unpaired) electrons.